The Bertz CT molecular complexity index is 570. The smallest absolute Gasteiger partial charge is 0.137 e. The zero-order valence-corrected chi connectivity index (χ0v) is 13.0. The largest absolute Gasteiger partial charge is 0.363 e. The van der Waals surface area contributed by atoms with Gasteiger partial charge in [0.15, 0.2) is 0 Å². The van der Waals surface area contributed by atoms with Crippen molar-refractivity contribution in [2.24, 2.45) is 0 Å². The van der Waals surface area contributed by atoms with Crippen molar-refractivity contribution in [2.75, 3.05) is 5.32 Å². The maximum Gasteiger partial charge on any atom is 0.137 e. The third-order valence-corrected chi connectivity index (χ3v) is 3.69. The number of nitrogens with one attached hydrogen (secondary N) is 1. The minimum atomic E-state index is 0.119. The molecule has 2 rings (SSSR count). The fraction of sp³-hybridized carbons (Fsp3) is 0.333. The fourth-order valence-corrected chi connectivity index (χ4v) is 2.38. The summed E-state index contributed by atoms with van der Waals surface area (Å²) in [6.07, 6.45) is 3.34. The van der Waals surface area contributed by atoms with E-state index in [4.69, 9.17) is 23.2 Å². The van der Waals surface area contributed by atoms with Gasteiger partial charge < -0.3 is 5.32 Å². The van der Waals surface area contributed by atoms with Crippen LogP contribution in [0.4, 0.5) is 5.82 Å². The summed E-state index contributed by atoms with van der Waals surface area (Å²) in [5.41, 5.74) is 2.11. The van der Waals surface area contributed by atoms with Crippen LogP contribution in [0.15, 0.2) is 30.6 Å². The van der Waals surface area contributed by atoms with Gasteiger partial charge in [-0.1, -0.05) is 48.7 Å². The van der Waals surface area contributed by atoms with Crippen LogP contribution in [0.5, 0.6) is 0 Å². The lowest BCUT2D eigenvalue weighted by Gasteiger charge is -2.17. The molecule has 0 amide bonds. The molecule has 1 aromatic carbocycles. The van der Waals surface area contributed by atoms with Gasteiger partial charge in [0.2, 0.25) is 0 Å². The fourth-order valence-electron chi connectivity index (χ4n) is 2.03. The number of aromatic nitrogens is 2. The van der Waals surface area contributed by atoms with Crippen LogP contribution in [0.25, 0.3) is 0 Å². The number of halogens is 2. The topological polar surface area (TPSA) is 37.8 Å². The van der Waals surface area contributed by atoms with E-state index in [0.717, 1.165) is 34.8 Å². The third-order valence-electron chi connectivity index (χ3n) is 3.12. The summed E-state index contributed by atoms with van der Waals surface area (Å²) in [5.74, 6) is 0.800. The molecule has 0 aliphatic heterocycles. The second-order valence-electron chi connectivity index (χ2n) is 4.66. The zero-order valence-electron chi connectivity index (χ0n) is 11.5. The van der Waals surface area contributed by atoms with E-state index in [2.05, 4.69) is 29.1 Å². The van der Waals surface area contributed by atoms with Gasteiger partial charge in [-0.25, -0.2) is 9.97 Å². The standard InChI is InChI=1S/C15H17Cl2N3/c1-3-4-13-14(17)18-9-19-15(13)20-10(2)11-5-7-12(16)8-6-11/h5-10H,3-4H2,1-2H3,(H,18,19,20). The second kappa shape index (κ2) is 6.91. The van der Waals surface area contributed by atoms with Crippen LogP contribution < -0.4 is 5.32 Å². The first-order valence-corrected chi connectivity index (χ1v) is 7.38. The van der Waals surface area contributed by atoms with Crippen LogP contribution in [0.2, 0.25) is 10.2 Å². The summed E-state index contributed by atoms with van der Waals surface area (Å²) < 4.78 is 0. The van der Waals surface area contributed by atoms with Gasteiger partial charge in [-0.15, -0.1) is 0 Å². The van der Waals surface area contributed by atoms with Crippen molar-refractivity contribution in [3.63, 3.8) is 0 Å². The summed E-state index contributed by atoms with van der Waals surface area (Å²) >= 11 is 12.1. The average molecular weight is 310 g/mol. The molecule has 2 aromatic rings. The first kappa shape index (κ1) is 15.1. The van der Waals surface area contributed by atoms with Crippen LogP contribution in [0.1, 0.15) is 37.4 Å². The van der Waals surface area contributed by atoms with Crippen molar-refractivity contribution in [1.82, 2.24) is 9.97 Å². The van der Waals surface area contributed by atoms with Crippen molar-refractivity contribution in [3.8, 4) is 0 Å². The molecule has 0 radical (unpaired) electrons. The van der Waals surface area contributed by atoms with Crippen LogP contribution in [-0.4, -0.2) is 9.97 Å². The molecule has 1 atom stereocenters. The number of hydrogen-bond acceptors (Lipinski definition) is 3. The van der Waals surface area contributed by atoms with Crippen LogP contribution in [0.3, 0.4) is 0 Å². The summed E-state index contributed by atoms with van der Waals surface area (Å²) in [4.78, 5) is 8.36. The van der Waals surface area contributed by atoms with Crippen LogP contribution in [0, 0.1) is 0 Å². The lowest BCUT2D eigenvalue weighted by Crippen LogP contribution is -2.10. The molecule has 1 aromatic heterocycles. The second-order valence-corrected chi connectivity index (χ2v) is 5.45. The average Bonchev–Trinajstić information content (AvgIpc) is 2.43. The molecule has 106 valence electrons. The summed E-state index contributed by atoms with van der Waals surface area (Å²) in [7, 11) is 0. The van der Waals surface area contributed by atoms with E-state index in [1.807, 2.05) is 24.3 Å². The van der Waals surface area contributed by atoms with Gasteiger partial charge in [-0.2, -0.15) is 0 Å². The molecule has 0 aliphatic carbocycles. The Labute approximate surface area is 129 Å². The Morgan fingerprint density at radius 3 is 2.50 bits per heavy atom. The van der Waals surface area contributed by atoms with Crippen LogP contribution in [-0.2, 0) is 6.42 Å². The van der Waals surface area contributed by atoms with Crippen molar-refractivity contribution < 1.29 is 0 Å². The molecule has 5 heteroatoms. The lowest BCUT2D eigenvalue weighted by molar-refractivity contribution is 0.846. The van der Waals surface area contributed by atoms with E-state index in [-0.39, 0.29) is 6.04 Å². The zero-order chi connectivity index (χ0) is 14.5. The number of rotatable bonds is 5. The number of hydrogen-bond donors (Lipinski definition) is 1. The highest BCUT2D eigenvalue weighted by Gasteiger charge is 2.12. The number of anilines is 1. The van der Waals surface area contributed by atoms with Gasteiger partial charge in [0.05, 0.1) is 0 Å². The van der Waals surface area contributed by atoms with Crippen molar-refractivity contribution in [3.05, 3.63) is 51.9 Å². The Balaban J connectivity index is 2.21. The molecule has 1 N–H and O–H groups in total. The van der Waals surface area contributed by atoms with E-state index < -0.39 is 0 Å². The first-order valence-electron chi connectivity index (χ1n) is 6.63. The van der Waals surface area contributed by atoms with Crippen LogP contribution >= 0.6 is 23.2 Å². The third kappa shape index (κ3) is 3.62. The molecule has 1 unspecified atom stereocenters. The van der Waals surface area contributed by atoms with Crippen molar-refractivity contribution in [2.45, 2.75) is 32.7 Å². The van der Waals surface area contributed by atoms with Crippen molar-refractivity contribution >= 4 is 29.0 Å². The highest BCUT2D eigenvalue weighted by atomic mass is 35.5. The minimum Gasteiger partial charge on any atom is -0.363 e. The molecule has 0 bridgehead atoms. The monoisotopic (exact) mass is 309 g/mol. The van der Waals surface area contributed by atoms with E-state index in [9.17, 15) is 0 Å². The molecule has 0 saturated carbocycles. The molecule has 0 fully saturated rings. The van der Waals surface area contributed by atoms with E-state index in [0.29, 0.717) is 5.15 Å². The molecular formula is C15H17Cl2N3. The van der Waals surface area contributed by atoms with E-state index in [1.165, 1.54) is 6.33 Å². The maximum atomic E-state index is 6.15. The SMILES string of the molecule is CCCc1c(Cl)ncnc1NC(C)c1ccc(Cl)cc1. The van der Waals surface area contributed by atoms with Gasteiger partial charge in [-0.05, 0) is 31.0 Å². The number of benzene rings is 1. The minimum absolute atomic E-state index is 0.119. The molecule has 0 aliphatic rings. The molecule has 3 nitrogen and oxygen atoms in total. The molecular weight excluding hydrogens is 293 g/mol. The summed E-state index contributed by atoms with van der Waals surface area (Å²) in [6.45, 7) is 4.19. The summed E-state index contributed by atoms with van der Waals surface area (Å²) in [5, 5.41) is 4.65. The Morgan fingerprint density at radius 2 is 1.85 bits per heavy atom. The van der Waals surface area contributed by atoms with Gasteiger partial charge in [0.25, 0.3) is 0 Å². The lowest BCUT2D eigenvalue weighted by atomic mass is 10.1. The first-order chi connectivity index (χ1) is 9.61. The van der Waals surface area contributed by atoms with E-state index in [1.54, 1.807) is 0 Å². The highest BCUT2D eigenvalue weighted by molar-refractivity contribution is 6.30. The number of nitrogens with zero attached hydrogens (tertiary/aromatic N) is 2. The van der Waals surface area contributed by atoms with Gasteiger partial charge in [0, 0.05) is 16.6 Å². The van der Waals surface area contributed by atoms with Gasteiger partial charge in [0.1, 0.15) is 17.3 Å². The molecule has 1 heterocycles. The molecule has 0 saturated heterocycles. The molecule has 0 spiro atoms. The van der Waals surface area contributed by atoms with E-state index >= 15 is 0 Å². The predicted molar refractivity (Wildman–Crippen MR) is 84.5 cm³/mol. The highest BCUT2D eigenvalue weighted by Crippen LogP contribution is 2.26. The predicted octanol–water partition coefficient (Wildman–Crippen LogP) is 4.91. The Morgan fingerprint density at radius 1 is 1.15 bits per heavy atom. The molecule has 20 heavy (non-hydrogen) atoms. The Kier molecular flexibility index (Phi) is 5.21. The summed E-state index contributed by atoms with van der Waals surface area (Å²) in [6, 6.07) is 7.89. The van der Waals surface area contributed by atoms with Crippen molar-refractivity contribution in [1.29, 1.82) is 0 Å². The normalized spacial score (nSPS) is 12.2. The van der Waals surface area contributed by atoms with Gasteiger partial charge >= 0.3 is 0 Å². The van der Waals surface area contributed by atoms with Gasteiger partial charge in [-0.3, -0.25) is 0 Å². The quantitative estimate of drug-likeness (QED) is 0.797. The Hall–Kier alpha value is -1.32. The maximum absolute atomic E-state index is 6.15.